The van der Waals surface area contributed by atoms with Gasteiger partial charge in [0, 0.05) is 33.6 Å². The van der Waals surface area contributed by atoms with Gasteiger partial charge in [0.15, 0.2) is 0 Å². The predicted octanol–water partition coefficient (Wildman–Crippen LogP) is 6.99. The number of allylic oxidation sites excluding steroid dienone is 1. The second-order valence-electron chi connectivity index (χ2n) is 11.5. The van der Waals surface area contributed by atoms with E-state index in [2.05, 4.69) is 52.5 Å². The van der Waals surface area contributed by atoms with E-state index >= 15 is 0 Å². The number of fused-ring (bicyclic) bond motifs is 3. The molecule has 1 amide bonds. The van der Waals surface area contributed by atoms with Crippen molar-refractivity contribution in [2.24, 2.45) is 5.92 Å². The topological polar surface area (TPSA) is 109 Å². The first-order valence-electron chi connectivity index (χ1n) is 14.8. The van der Waals surface area contributed by atoms with Gasteiger partial charge in [-0.3, -0.25) is 4.79 Å². The number of ether oxygens (including phenoxy) is 1. The number of amides is 1. The van der Waals surface area contributed by atoms with E-state index in [9.17, 15) is 4.79 Å². The molecule has 0 unspecified atom stereocenters. The molecule has 1 aliphatic rings. The summed E-state index contributed by atoms with van der Waals surface area (Å²) >= 11 is 0. The first kappa shape index (κ1) is 28.6. The summed E-state index contributed by atoms with van der Waals surface area (Å²) in [7, 11) is 3.78. The SMILES string of the molecule is C/C=C\c1c(-c2nc(C)nc3[nH]c4cc(-c5c(C)noc5C)c(OC)cc4c23)ccc(NC(=O)C2CCN(C)CC2)c1C. The Morgan fingerprint density at radius 1 is 1.12 bits per heavy atom. The van der Waals surface area contributed by atoms with Crippen LogP contribution in [0.25, 0.3) is 50.4 Å². The van der Waals surface area contributed by atoms with Crippen molar-refractivity contribution in [3.63, 3.8) is 0 Å². The number of carbonyl (C=O) groups excluding carboxylic acids is 1. The molecule has 4 heterocycles. The van der Waals surface area contributed by atoms with Crippen molar-refractivity contribution in [2.45, 2.75) is 47.5 Å². The number of carbonyl (C=O) groups is 1. The fourth-order valence-corrected chi connectivity index (χ4v) is 6.32. The van der Waals surface area contributed by atoms with Gasteiger partial charge < -0.3 is 24.5 Å². The number of benzene rings is 2. The van der Waals surface area contributed by atoms with Crippen LogP contribution in [0.3, 0.4) is 0 Å². The quantitative estimate of drug-likeness (QED) is 0.224. The van der Waals surface area contributed by atoms with Gasteiger partial charge in [0.2, 0.25) is 5.91 Å². The monoisotopic (exact) mass is 578 g/mol. The first-order chi connectivity index (χ1) is 20.7. The van der Waals surface area contributed by atoms with Crippen LogP contribution in [-0.4, -0.2) is 58.2 Å². The molecule has 3 aromatic heterocycles. The van der Waals surface area contributed by atoms with Gasteiger partial charge in [0.25, 0.3) is 0 Å². The number of piperidine rings is 1. The van der Waals surface area contributed by atoms with Crippen LogP contribution in [0.5, 0.6) is 5.75 Å². The number of anilines is 1. The fraction of sp³-hybridized carbons (Fsp3) is 0.353. The third kappa shape index (κ3) is 5.07. The molecule has 5 aromatic rings. The van der Waals surface area contributed by atoms with Crippen LogP contribution in [-0.2, 0) is 4.79 Å². The highest BCUT2D eigenvalue weighted by atomic mass is 16.5. The molecule has 0 aliphatic carbocycles. The zero-order valence-electron chi connectivity index (χ0n) is 25.9. The highest BCUT2D eigenvalue weighted by molar-refractivity contribution is 6.14. The van der Waals surface area contributed by atoms with Gasteiger partial charge in [-0.25, -0.2) is 9.97 Å². The Balaban J connectivity index is 1.50. The van der Waals surface area contributed by atoms with Gasteiger partial charge in [-0.05, 0) is 96.9 Å². The lowest BCUT2D eigenvalue weighted by Gasteiger charge is -2.28. The molecule has 6 rings (SSSR count). The van der Waals surface area contributed by atoms with Crippen LogP contribution in [0.15, 0.2) is 34.9 Å². The van der Waals surface area contributed by atoms with Crippen molar-refractivity contribution in [1.82, 2.24) is 25.0 Å². The molecule has 2 aromatic carbocycles. The first-order valence-corrected chi connectivity index (χ1v) is 14.8. The molecule has 9 heteroatoms. The van der Waals surface area contributed by atoms with E-state index in [0.717, 1.165) is 98.5 Å². The fourth-order valence-electron chi connectivity index (χ4n) is 6.32. The number of likely N-dealkylation sites (tertiary alicyclic amines) is 1. The minimum atomic E-state index is 0.0288. The van der Waals surface area contributed by atoms with E-state index in [1.54, 1.807) is 7.11 Å². The lowest BCUT2D eigenvalue weighted by atomic mass is 9.93. The average molecular weight is 579 g/mol. The molecule has 43 heavy (non-hydrogen) atoms. The van der Waals surface area contributed by atoms with Crippen LogP contribution in [0, 0.1) is 33.6 Å². The molecular formula is C34H38N6O3. The normalized spacial score (nSPS) is 14.8. The Bertz CT molecular complexity index is 1870. The smallest absolute Gasteiger partial charge is 0.227 e. The van der Waals surface area contributed by atoms with Crippen molar-refractivity contribution in [2.75, 3.05) is 32.6 Å². The Hall–Kier alpha value is -4.50. The highest BCUT2D eigenvalue weighted by Gasteiger charge is 2.25. The third-order valence-electron chi connectivity index (χ3n) is 8.64. The molecule has 1 saturated heterocycles. The van der Waals surface area contributed by atoms with Crippen LogP contribution < -0.4 is 10.1 Å². The van der Waals surface area contributed by atoms with Crippen molar-refractivity contribution in [3.05, 3.63) is 58.7 Å². The van der Waals surface area contributed by atoms with E-state index in [0.29, 0.717) is 11.6 Å². The molecule has 0 saturated carbocycles. The maximum atomic E-state index is 13.2. The lowest BCUT2D eigenvalue weighted by Crippen LogP contribution is -2.36. The Morgan fingerprint density at radius 2 is 1.88 bits per heavy atom. The number of aromatic nitrogens is 4. The maximum absolute atomic E-state index is 13.2. The third-order valence-corrected chi connectivity index (χ3v) is 8.64. The summed E-state index contributed by atoms with van der Waals surface area (Å²) < 4.78 is 11.3. The molecule has 9 nitrogen and oxygen atoms in total. The second kappa shape index (κ2) is 11.3. The molecule has 0 atom stereocenters. The van der Waals surface area contributed by atoms with Crippen LogP contribution in [0.1, 0.15) is 48.2 Å². The lowest BCUT2D eigenvalue weighted by molar-refractivity contribution is -0.121. The van der Waals surface area contributed by atoms with Gasteiger partial charge in [-0.2, -0.15) is 0 Å². The number of H-pyrrole nitrogens is 1. The zero-order valence-corrected chi connectivity index (χ0v) is 25.9. The number of rotatable bonds is 6. The van der Waals surface area contributed by atoms with Crippen molar-refractivity contribution < 1.29 is 14.1 Å². The summed E-state index contributed by atoms with van der Waals surface area (Å²) in [5.74, 6) is 2.23. The summed E-state index contributed by atoms with van der Waals surface area (Å²) in [5, 5.41) is 9.25. The van der Waals surface area contributed by atoms with E-state index in [4.69, 9.17) is 19.2 Å². The van der Waals surface area contributed by atoms with Gasteiger partial charge >= 0.3 is 0 Å². The van der Waals surface area contributed by atoms with E-state index < -0.39 is 0 Å². The van der Waals surface area contributed by atoms with Gasteiger partial charge in [-0.15, -0.1) is 0 Å². The Kier molecular flexibility index (Phi) is 7.52. The summed E-state index contributed by atoms with van der Waals surface area (Å²) in [6, 6.07) is 8.16. The van der Waals surface area contributed by atoms with E-state index in [-0.39, 0.29) is 11.8 Å². The number of nitrogens with one attached hydrogen (secondary N) is 2. The Labute approximate surface area is 251 Å². The number of hydrogen-bond acceptors (Lipinski definition) is 7. The largest absolute Gasteiger partial charge is 0.496 e. The molecule has 0 radical (unpaired) electrons. The van der Waals surface area contributed by atoms with Crippen LogP contribution in [0.2, 0.25) is 0 Å². The minimum Gasteiger partial charge on any atom is -0.496 e. The molecular weight excluding hydrogens is 540 g/mol. The number of hydrogen-bond donors (Lipinski definition) is 2. The zero-order chi connectivity index (χ0) is 30.4. The van der Waals surface area contributed by atoms with E-state index in [1.165, 1.54) is 0 Å². The van der Waals surface area contributed by atoms with Gasteiger partial charge in [-0.1, -0.05) is 23.4 Å². The molecule has 2 N–H and O–H groups in total. The summed E-state index contributed by atoms with van der Waals surface area (Å²) in [5.41, 5.74) is 8.92. The Morgan fingerprint density at radius 3 is 2.56 bits per heavy atom. The van der Waals surface area contributed by atoms with Crippen LogP contribution in [0.4, 0.5) is 5.69 Å². The molecule has 0 spiro atoms. The number of nitrogens with zero attached hydrogens (tertiary/aromatic N) is 4. The molecule has 1 fully saturated rings. The van der Waals surface area contributed by atoms with E-state index in [1.807, 2.05) is 45.9 Å². The number of aromatic amines is 1. The van der Waals surface area contributed by atoms with Crippen molar-refractivity contribution in [1.29, 1.82) is 0 Å². The second-order valence-corrected chi connectivity index (χ2v) is 11.5. The average Bonchev–Trinajstić information content (AvgIpc) is 3.51. The number of methoxy groups -OCH3 is 1. The standard InChI is InChI=1S/C34H38N6O3/c1-8-9-23-18(2)27(38-34(41)22-12-14-40(6)15-13-22)11-10-24(23)32-31-25-17-29(42-7)26(30-19(3)39-43-20(30)4)16-28(25)37-33(31)36-21(5)35-32/h8-11,16-17,22H,12-15H2,1-7H3,(H,38,41)(H,35,36,37)/b9-8-. The number of aryl methyl sites for hydroxylation is 3. The molecule has 222 valence electrons. The van der Waals surface area contributed by atoms with Gasteiger partial charge in [0.1, 0.15) is 23.0 Å². The highest BCUT2D eigenvalue weighted by Crippen LogP contribution is 2.42. The summed E-state index contributed by atoms with van der Waals surface area (Å²) in [6.45, 7) is 11.7. The summed E-state index contributed by atoms with van der Waals surface area (Å²) in [6.07, 6.45) is 5.86. The van der Waals surface area contributed by atoms with Crippen LogP contribution >= 0.6 is 0 Å². The van der Waals surface area contributed by atoms with Crippen molar-refractivity contribution in [3.8, 4) is 28.1 Å². The van der Waals surface area contributed by atoms with Gasteiger partial charge in [0.05, 0.1) is 29.4 Å². The molecule has 1 aliphatic heterocycles. The maximum Gasteiger partial charge on any atom is 0.227 e. The molecule has 0 bridgehead atoms. The predicted molar refractivity (Wildman–Crippen MR) is 171 cm³/mol. The minimum absolute atomic E-state index is 0.0288. The van der Waals surface area contributed by atoms with Crippen molar-refractivity contribution >= 4 is 39.6 Å². The summed E-state index contributed by atoms with van der Waals surface area (Å²) in [4.78, 5) is 28.8.